The predicted octanol–water partition coefficient (Wildman–Crippen LogP) is 6.28. The van der Waals surface area contributed by atoms with E-state index in [1.54, 1.807) is 59.4 Å². The lowest BCUT2D eigenvalue weighted by atomic mass is 10.2. The number of halogens is 2. The van der Waals surface area contributed by atoms with E-state index in [1.807, 2.05) is 18.2 Å². The van der Waals surface area contributed by atoms with E-state index in [4.69, 9.17) is 26.4 Å². The first-order valence-electron chi connectivity index (χ1n) is 12.5. The van der Waals surface area contributed by atoms with E-state index in [-0.39, 0.29) is 17.8 Å². The second-order valence-corrected chi connectivity index (χ2v) is 9.52. The molecule has 1 aliphatic carbocycles. The van der Waals surface area contributed by atoms with Crippen LogP contribution >= 0.6 is 11.6 Å². The van der Waals surface area contributed by atoms with Crippen LogP contribution in [0, 0.1) is 5.82 Å². The molecule has 0 aliphatic heterocycles. The maximum atomic E-state index is 14.3. The normalized spacial score (nSPS) is 13.4. The standard InChI is InChI=1S/C28H28ClFN6O2/c1-38-25-11-10-20(18-22(25)29)27-33-26(19-12-14-31-15-13-19)34-36(27)17-16-35(21-6-2-3-7-21)28(37)32-24-9-5-4-8-23(24)30/h4-5,8-15,18,21H,2-3,6-7,16-17H2,1H3,(H,32,37). The van der Waals surface area contributed by atoms with Gasteiger partial charge in [0.25, 0.3) is 0 Å². The van der Waals surface area contributed by atoms with E-state index < -0.39 is 5.82 Å². The Bertz CT molecular complexity index is 1410. The van der Waals surface area contributed by atoms with Crippen LogP contribution in [-0.2, 0) is 6.54 Å². The van der Waals surface area contributed by atoms with Crippen LogP contribution in [0.15, 0.2) is 67.0 Å². The molecule has 2 aromatic carbocycles. The van der Waals surface area contributed by atoms with Crippen LogP contribution in [0.3, 0.4) is 0 Å². The fourth-order valence-electron chi connectivity index (χ4n) is 4.76. The van der Waals surface area contributed by atoms with Gasteiger partial charge in [0.1, 0.15) is 11.6 Å². The zero-order valence-electron chi connectivity index (χ0n) is 21.0. The van der Waals surface area contributed by atoms with E-state index in [9.17, 15) is 9.18 Å². The summed E-state index contributed by atoms with van der Waals surface area (Å²) in [5.41, 5.74) is 1.76. The molecule has 0 bridgehead atoms. The SMILES string of the molecule is COc1ccc(-c2nc(-c3ccncc3)nn2CCN(C(=O)Nc2ccccc2F)C2CCCC2)cc1Cl. The zero-order valence-corrected chi connectivity index (χ0v) is 21.7. The third-order valence-electron chi connectivity index (χ3n) is 6.71. The van der Waals surface area contributed by atoms with Crippen LogP contribution in [0.25, 0.3) is 22.8 Å². The number of hydrogen-bond donors (Lipinski definition) is 1. The van der Waals surface area contributed by atoms with Crippen molar-refractivity contribution < 1.29 is 13.9 Å². The number of carbonyl (C=O) groups excluding carboxylic acids is 1. The van der Waals surface area contributed by atoms with Crippen molar-refractivity contribution in [2.24, 2.45) is 0 Å². The van der Waals surface area contributed by atoms with E-state index >= 15 is 0 Å². The Kier molecular flexibility index (Phi) is 7.83. The number of methoxy groups -OCH3 is 1. The molecule has 0 unspecified atom stereocenters. The van der Waals surface area contributed by atoms with E-state index in [1.165, 1.54) is 6.07 Å². The summed E-state index contributed by atoms with van der Waals surface area (Å²) in [6.45, 7) is 0.763. The lowest BCUT2D eigenvalue weighted by Crippen LogP contribution is -2.43. The summed E-state index contributed by atoms with van der Waals surface area (Å²) in [6.07, 6.45) is 7.30. The van der Waals surface area contributed by atoms with Gasteiger partial charge in [0.05, 0.1) is 24.4 Å². The van der Waals surface area contributed by atoms with Crippen molar-refractivity contribution in [2.75, 3.05) is 19.0 Å². The zero-order chi connectivity index (χ0) is 26.5. The van der Waals surface area contributed by atoms with Crippen molar-refractivity contribution in [3.63, 3.8) is 0 Å². The molecule has 2 aromatic heterocycles. The number of nitrogens with zero attached hydrogens (tertiary/aromatic N) is 5. The molecule has 2 heterocycles. The lowest BCUT2D eigenvalue weighted by Gasteiger charge is -2.29. The monoisotopic (exact) mass is 534 g/mol. The molecular weight excluding hydrogens is 507 g/mol. The molecule has 0 saturated heterocycles. The quantitative estimate of drug-likeness (QED) is 0.287. The molecular formula is C28H28ClFN6O2. The van der Waals surface area contributed by atoms with Crippen molar-refractivity contribution in [1.29, 1.82) is 0 Å². The Morgan fingerprint density at radius 3 is 2.61 bits per heavy atom. The Labute approximate surface area is 225 Å². The number of carbonyl (C=O) groups is 1. The molecule has 1 saturated carbocycles. The van der Waals surface area contributed by atoms with Crippen LogP contribution in [-0.4, -0.2) is 50.4 Å². The summed E-state index contributed by atoms with van der Waals surface area (Å²) in [4.78, 5) is 24.0. The van der Waals surface area contributed by atoms with Crippen LogP contribution in [0.5, 0.6) is 5.75 Å². The summed E-state index contributed by atoms with van der Waals surface area (Å²) < 4.78 is 21.3. The topological polar surface area (TPSA) is 85.2 Å². The van der Waals surface area contributed by atoms with Gasteiger partial charge < -0.3 is 15.0 Å². The van der Waals surface area contributed by atoms with Crippen LogP contribution < -0.4 is 10.1 Å². The van der Waals surface area contributed by atoms with Gasteiger partial charge in [-0.15, -0.1) is 0 Å². The Morgan fingerprint density at radius 2 is 1.89 bits per heavy atom. The molecule has 5 rings (SSSR count). The van der Waals surface area contributed by atoms with Crippen LogP contribution in [0.1, 0.15) is 25.7 Å². The Hall–Kier alpha value is -3.98. The average Bonchev–Trinajstić information content (AvgIpc) is 3.62. The molecule has 196 valence electrons. The molecule has 2 amide bonds. The van der Waals surface area contributed by atoms with Gasteiger partial charge in [0.2, 0.25) is 0 Å². The van der Waals surface area contributed by atoms with E-state index in [2.05, 4.69) is 10.3 Å². The van der Waals surface area contributed by atoms with Gasteiger partial charge in [0.15, 0.2) is 11.6 Å². The minimum absolute atomic E-state index is 0.0730. The molecule has 10 heteroatoms. The number of rotatable bonds is 8. The van der Waals surface area contributed by atoms with Crippen molar-refractivity contribution in [3.05, 3.63) is 77.8 Å². The Morgan fingerprint density at radius 1 is 1.13 bits per heavy atom. The van der Waals surface area contributed by atoms with Gasteiger partial charge >= 0.3 is 6.03 Å². The number of anilines is 1. The molecule has 0 spiro atoms. The number of amides is 2. The van der Waals surface area contributed by atoms with Gasteiger partial charge in [-0.25, -0.2) is 18.9 Å². The molecule has 0 radical (unpaired) electrons. The fraction of sp³-hybridized carbons (Fsp3) is 0.286. The van der Waals surface area contributed by atoms with Crippen molar-refractivity contribution >= 4 is 23.3 Å². The summed E-state index contributed by atoms with van der Waals surface area (Å²) in [5, 5.41) is 7.98. The van der Waals surface area contributed by atoms with Gasteiger partial charge in [-0.1, -0.05) is 36.6 Å². The Balaban J connectivity index is 1.44. The summed E-state index contributed by atoms with van der Waals surface area (Å²) in [7, 11) is 1.56. The van der Waals surface area contributed by atoms with Gasteiger partial charge in [-0.2, -0.15) is 5.10 Å². The molecule has 0 atom stereocenters. The van der Waals surface area contributed by atoms with Gasteiger partial charge in [-0.05, 0) is 55.3 Å². The number of ether oxygens (including phenoxy) is 1. The molecule has 38 heavy (non-hydrogen) atoms. The number of nitrogens with one attached hydrogen (secondary N) is 1. The number of pyridine rings is 1. The highest BCUT2D eigenvalue weighted by Crippen LogP contribution is 2.31. The number of benzene rings is 2. The second-order valence-electron chi connectivity index (χ2n) is 9.11. The third-order valence-corrected chi connectivity index (χ3v) is 7.01. The minimum Gasteiger partial charge on any atom is -0.495 e. The second kappa shape index (κ2) is 11.6. The molecule has 1 aliphatic rings. The van der Waals surface area contributed by atoms with Gasteiger partial charge in [0, 0.05) is 36.1 Å². The third kappa shape index (κ3) is 5.62. The lowest BCUT2D eigenvalue weighted by molar-refractivity contribution is 0.184. The molecule has 1 N–H and O–H groups in total. The highest BCUT2D eigenvalue weighted by molar-refractivity contribution is 6.32. The molecule has 1 fully saturated rings. The number of hydrogen-bond acceptors (Lipinski definition) is 5. The largest absolute Gasteiger partial charge is 0.495 e. The fourth-order valence-corrected chi connectivity index (χ4v) is 5.02. The van der Waals surface area contributed by atoms with E-state index in [0.717, 1.165) is 36.8 Å². The first-order valence-corrected chi connectivity index (χ1v) is 12.9. The van der Waals surface area contributed by atoms with Crippen molar-refractivity contribution in [3.8, 4) is 28.5 Å². The smallest absolute Gasteiger partial charge is 0.322 e. The summed E-state index contributed by atoms with van der Waals surface area (Å²) >= 11 is 6.42. The molecule has 8 nitrogen and oxygen atoms in total. The predicted molar refractivity (Wildman–Crippen MR) is 145 cm³/mol. The molecule has 4 aromatic rings. The highest BCUT2D eigenvalue weighted by atomic mass is 35.5. The first-order chi connectivity index (χ1) is 18.5. The highest BCUT2D eigenvalue weighted by Gasteiger charge is 2.28. The average molecular weight is 535 g/mol. The number of para-hydroxylation sites is 1. The van der Waals surface area contributed by atoms with E-state index in [0.29, 0.717) is 35.5 Å². The van der Waals surface area contributed by atoms with Crippen molar-refractivity contribution in [1.82, 2.24) is 24.6 Å². The maximum absolute atomic E-state index is 14.3. The maximum Gasteiger partial charge on any atom is 0.322 e. The first kappa shape index (κ1) is 25.7. The van der Waals surface area contributed by atoms with Crippen LogP contribution in [0.2, 0.25) is 5.02 Å². The number of aromatic nitrogens is 4. The van der Waals surface area contributed by atoms with Gasteiger partial charge in [-0.3, -0.25) is 4.98 Å². The number of urea groups is 1. The van der Waals surface area contributed by atoms with Crippen molar-refractivity contribution in [2.45, 2.75) is 38.3 Å². The summed E-state index contributed by atoms with van der Waals surface area (Å²) in [6, 6.07) is 15.1. The minimum atomic E-state index is -0.468. The van der Waals surface area contributed by atoms with Crippen LogP contribution in [0.4, 0.5) is 14.9 Å². The summed E-state index contributed by atoms with van der Waals surface area (Å²) in [5.74, 6) is 1.25.